The van der Waals surface area contributed by atoms with E-state index in [-0.39, 0.29) is 6.61 Å². The lowest BCUT2D eigenvalue weighted by Gasteiger charge is -2.16. The molecule has 1 unspecified atom stereocenters. The molecule has 0 amide bonds. The zero-order chi connectivity index (χ0) is 12.8. The molecule has 0 aliphatic carbocycles. The van der Waals surface area contributed by atoms with E-state index in [0.29, 0.717) is 12.5 Å². The minimum Gasteiger partial charge on any atom is -0.493 e. The smallest absolute Gasteiger partial charge is 0.127 e. The van der Waals surface area contributed by atoms with E-state index in [0.717, 1.165) is 21.3 Å². The van der Waals surface area contributed by atoms with Crippen LogP contribution in [0.25, 0.3) is 0 Å². The van der Waals surface area contributed by atoms with E-state index in [2.05, 4.69) is 29.8 Å². The number of aryl methyl sites for hydroxylation is 1. The van der Waals surface area contributed by atoms with Gasteiger partial charge in [0, 0.05) is 10.0 Å². The molecule has 2 nitrogen and oxygen atoms in total. The summed E-state index contributed by atoms with van der Waals surface area (Å²) in [6, 6.07) is 3.92. The number of benzene rings is 1. The fraction of sp³-hybridized carbons (Fsp3) is 0.571. The molecule has 0 saturated heterocycles. The Morgan fingerprint density at radius 1 is 1.41 bits per heavy atom. The average Bonchev–Trinajstić information content (AvgIpc) is 2.27. The SMILES string of the molecule is CCCC(C)COc1c(C)cc(Br)cc1CO. The Kier molecular flexibility index (Phi) is 6.00. The lowest BCUT2D eigenvalue weighted by Crippen LogP contribution is -2.10. The fourth-order valence-corrected chi connectivity index (χ4v) is 2.54. The van der Waals surface area contributed by atoms with Crippen LogP contribution in [0.1, 0.15) is 37.8 Å². The Labute approximate surface area is 112 Å². The van der Waals surface area contributed by atoms with Gasteiger partial charge in [0.05, 0.1) is 13.2 Å². The Morgan fingerprint density at radius 3 is 2.71 bits per heavy atom. The standard InChI is InChI=1S/C14H21BrO2/c1-4-5-10(2)9-17-14-11(3)6-13(15)7-12(14)8-16/h6-7,10,16H,4-5,8-9H2,1-3H3. The zero-order valence-corrected chi connectivity index (χ0v) is 12.4. The molecule has 0 spiro atoms. The van der Waals surface area contributed by atoms with Crippen LogP contribution in [0.5, 0.6) is 5.75 Å². The first-order valence-corrected chi connectivity index (χ1v) is 6.90. The van der Waals surface area contributed by atoms with Gasteiger partial charge in [-0.05, 0) is 37.0 Å². The molecule has 0 fully saturated rings. The van der Waals surface area contributed by atoms with Crippen molar-refractivity contribution in [2.75, 3.05) is 6.61 Å². The number of rotatable bonds is 6. The molecule has 1 N–H and O–H groups in total. The van der Waals surface area contributed by atoms with Crippen LogP contribution in [-0.4, -0.2) is 11.7 Å². The number of halogens is 1. The maximum absolute atomic E-state index is 9.34. The lowest BCUT2D eigenvalue weighted by molar-refractivity contribution is 0.233. The van der Waals surface area contributed by atoms with Crippen LogP contribution in [0.2, 0.25) is 0 Å². The summed E-state index contributed by atoms with van der Waals surface area (Å²) < 4.78 is 6.83. The predicted octanol–water partition coefficient (Wildman–Crippen LogP) is 4.06. The highest BCUT2D eigenvalue weighted by Gasteiger charge is 2.10. The molecule has 3 heteroatoms. The third-order valence-electron chi connectivity index (χ3n) is 2.78. The van der Waals surface area contributed by atoms with E-state index in [4.69, 9.17) is 4.74 Å². The van der Waals surface area contributed by atoms with Crippen molar-refractivity contribution in [3.8, 4) is 5.75 Å². The van der Waals surface area contributed by atoms with Crippen LogP contribution in [0, 0.1) is 12.8 Å². The van der Waals surface area contributed by atoms with Gasteiger partial charge in [-0.1, -0.05) is 36.2 Å². The van der Waals surface area contributed by atoms with Crippen LogP contribution in [-0.2, 0) is 6.61 Å². The van der Waals surface area contributed by atoms with Crippen molar-refractivity contribution in [2.45, 2.75) is 40.2 Å². The minimum absolute atomic E-state index is 0.0117. The van der Waals surface area contributed by atoms with Crippen molar-refractivity contribution in [1.29, 1.82) is 0 Å². The summed E-state index contributed by atoms with van der Waals surface area (Å²) >= 11 is 3.43. The molecular formula is C14H21BrO2. The molecule has 17 heavy (non-hydrogen) atoms. The molecule has 1 rings (SSSR count). The van der Waals surface area contributed by atoms with Crippen molar-refractivity contribution in [1.82, 2.24) is 0 Å². The van der Waals surface area contributed by atoms with E-state index < -0.39 is 0 Å². The summed E-state index contributed by atoms with van der Waals surface area (Å²) in [4.78, 5) is 0. The van der Waals surface area contributed by atoms with Crippen molar-refractivity contribution in [3.63, 3.8) is 0 Å². The molecule has 0 aromatic heterocycles. The summed E-state index contributed by atoms with van der Waals surface area (Å²) in [5.41, 5.74) is 1.91. The van der Waals surface area contributed by atoms with E-state index in [9.17, 15) is 5.11 Å². The van der Waals surface area contributed by atoms with Gasteiger partial charge < -0.3 is 9.84 Å². The van der Waals surface area contributed by atoms with Gasteiger partial charge in [-0.25, -0.2) is 0 Å². The highest BCUT2D eigenvalue weighted by molar-refractivity contribution is 9.10. The van der Waals surface area contributed by atoms with Crippen molar-refractivity contribution < 1.29 is 9.84 Å². The third kappa shape index (κ3) is 4.32. The molecule has 96 valence electrons. The Hall–Kier alpha value is -0.540. The van der Waals surface area contributed by atoms with Crippen LogP contribution >= 0.6 is 15.9 Å². The van der Waals surface area contributed by atoms with Crippen LogP contribution in [0.15, 0.2) is 16.6 Å². The second kappa shape index (κ2) is 7.02. The second-order valence-corrected chi connectivity index (χ2v) is 5.49. The topological polar surface area (TPSA) is 29.5 Å². The van der Waals surface area contributed by atoms with Gasteiger partial charge in [-0.2, -0.15) is 0 Å². The molecule has 0 aliphatic rings. The number of aliphatic hydroxyl groups is 1. The molecule has 1 aromatic carbocycles. The van der Waals surface area contributed by atoms with Crippen LogP contribution in [0.3, 0.4) is 0 Å². The quantitative estimate of drug-likeness (QED) is 0.858. The molecule has 0 aliphatic heterocycles. The van der Waals surface area contributed by atoms with Gasteiger partial charge in [0.1, 0.15) is 5.75 Å². The summed E-state index contributed by atoms with van der Waals surface area (Å²) in [6.45, 7) is 7.10. The third-order valence-corrected chi connectivity index (χ3v) is 3.24. The van der Waals surface area contributed by atoms with E-state index in [1.807, 2.05) is 19.1 Å². The summed E-state index contributed by atoms with van der Waals surface area (Å²) in [6.07, 6.45) is 2.35. The first-order chi connectivity index (χ1) is 8.08. The highest BCUT2D eigenvalue weighted by Crippen LogP contribution is 2.28. The summed E-state index contributed by atoms with van der Waals surface area (Å²) in [7, 11) is 0. The molecule has 0 bridgehead atoms. The van der Waals surface area contributed by atoms with E-state index >= 15 is 0 Å². The average molecular weight is 301 g/mol. The van der Waals surface area contributed by atoms with Gasteiger partial charge in [-0.3, -0.25) is 0 Å². The number of ether oxygens (including phenoxy) is 1. The van der Waals surface area contributed by atoms with Gasteiger partial charge in [0.15, 0.2) is 0 Å². The monoisotopic (exact) mass is 300 g/mol. The first-order valence-electron chi connectivity index (χ1n) is 6.11. The van der Waals surface area contributed by atoms with Crippen molar-refractivity contribution >= 4 is 15.9 Å². The normalized spacial score (nSPS) is 12.5. The number of hydrogen-bond donors (Lipinski definition) is 1. The Bertz CT molecular complexity index is 363. The second-order valence-electron chi connectivity index (χ2n) is 4.57. The van der Waals surface area contributed by atoms with Crippen LogP contribution < -0.4 is 4.74 Å². The van der Waals surface area contributed by atoms with Gasteiger partial charge in [0.25, 0.3) is 0 Å². The molecule has 0 radical (unpaired) electrons. The van der Waals surface area contributed by atoms with Gasteiger partial charge in [0.2, 0.25) is 0 Å². The zero-order valence-electron chi connectivity index (χ0n) is 10.8. The highest BCUT2D eigenvalue weighted by atomic mass is 79.9. The van der Waals surface area contributed by atoms with Crippen molar-refractivity contribution in [3.05, 3.63) is 27.7 Å². The molecular weight excluding hydrogens is 280 g/mol. The maximum Gasteiger partial charge on any atom is 0.127 e. The van der Waals surface area contributed by atoms with Crippen molar-refractivity contribution in [2.24, 2.45) is 5.92 Å². The fourth-order valence-electron chi connectivity index (χ4n) is 1.92. The van der Waals surface area contributed by atoms with E-state index in [1.165, 1.54) is 12.8 Å². The van der Waals surface area contributed by atoms with Gasteiger partial charge >= 0.3 is 0 Å². The molecule has 1 atom stereocenters. The first kappa shape index (κ1) is 14.5. The number of aliphatic hydroxyl groups excluding tert-OH is 1. The summed E-state index contributed by atoms with van der Waals surface area (Å²) in [5, 5.41) is 9.34. The Balaban J connectivity index is 2.76. The lowest BCUT2D eigenvalue weighted by atomic mass is 10.1. The van der Waals surface area contributed by atoms with E-state index in [1.54, 1.807) is 0 Å². The minimum atomic E-state index is 0.0117. The Morgan fingerprint density at radius 2 is 2.12 bits per heavy atom. The summed E-state index contributed by atoms with van der Waals surface area (Å²) in [5.74, 6) is 1.38. The number of hydrogen-bond acceptors (Lipinski definition) is 2. The van der Waals surface area contributed by atoms with Gasteiger partial charge in [-0.15, -0.1) is 0 Å². The maximum atomic E-state index is 9.34. The largest absolute Gasteiger partial charge is 0.493 e. The molecule has 0 heterocycles. The molecule has 0 saturated carbocycles. The van der Waals surface area contributed by atoms with Crippen LogP contribution in [0.4, 0.5) is 0 Å². The predicted molar refractivity (Wildman–Crippen MR) is 74.4 cm³/mol. The molecule has 1 aromatic rings.